The van der Waals surface area contributed by atoms with Crippen molar-refractivity contribution in [2.24, 2.45) is 5.92 Å². The van der Waals surface area contributed by atoms with Gasteiger partial charge in [-0.05, 0) is 42.8 Å². The first kappa shape index (κ1) is 25.8. The first-order valence-corrected chi connectivity index (χ1v) is 12.1. The zero-order valence-electron chi connectivity index (χ0n) is 21.0. The fraction of sp³-hybridized carbons (Fsp3) is 0.321. The smallest absolute Gasteiger partial charge is 0.259 e. The van der Waals surface area contributed by atoms with Crippen molar-refractivity contribution in [3.63, 3.8) is 0 Å². The number of carbonyl (C=O) groups is 2. The molecule has 0 unspecified atom stereocenters. The summed E-state index contributed by atoms with van der Waals surface area (Å²) in [7, 11) is 1.70. The van der Waals surface area contributed by atoms with Gasteiger partial charge in [0.15, 0.2) is 0 Å². The van der Waals surface area contributed by atoms with Gasteiger partial charge in [-0.15, -0.1) is 0 Å². The average Bonchev–Trinajstić information content (AvgIpc) is 2.94. The molecule has 4 rings (SSSR count). The summed E-state index contributed by atoms with van der Waals surface area (Å²) >= 11 is 0. The number of hydrogen-bond donors (Lipinski definition) is 1. The summed E-state index contributed by atoms with van der Waals surface area (Å²) in [5, 5.41) is 19.0. The predicted octanol–water partition coefficient (Wildman–Crippen LogP) is 3.01. The molecule has 0 spiro atoms. The zero-order valence-corrected chi connectivity index (χ0v) is 21.0. The van der Waals surface area contributed by atoms with E-state index in [1.54, 1.807) is 78.6 Å². The molecule has 3 atom stereocenters. The van der Waals surface area contributed by atoms with Gasteiger partial charge in [-0.1, -0.05) is 19.1 Å². The minimum atomic E-state index is -0.459. The Bertz CT molecular complexity index is 1310. The van der Waals surface area contributed by atoms with Crippen molar-refractivity contribution >= 4 is 11.8 Å². The lowest BCUT2D eigenvalue weighted by molar-refractivity contribution is 0.0313. The quantitative estimate of drug-likeness (QED) is 0.554. The molecule has 2 amide bonds. The van der Waals surface area contributed by atoms with Crippen molar-refractivity contribution in [2.45, 2.75) is 26.0 Å². The SMILES string of the molecule is C[C@@H]1CN([C@H](C)CO)C(=O)c2cc(-c3ccc(C#N)cc3)cnc2O[C@@H]1CN(C)C(=O)c1cccnc1. The summed E-state index contributed by atoms with van der Waals surface area (Å²) in [6, 6.07) is 13.8. The van der Waals surface area contributed by atoms with E-state index in [-0.39, 0.29) is 42.3 Å². The normalized spacial score (nSPS) is 18.0. The van der Waals surface area contributed by atoms with Gasteiger partial charge >= 0.3 is 0 Å². The van der Waals surface area contributed by atoms with Crippen LogP contribution in [0.1, 0.15) is 40.1 Å². The van der Waals surface area contributed by atoms with E-state index in [1.165, 1.54) is 6.20 Å². The third kappa shape index (κ3) is 5.60. The highest BCUT2D eigenvalue weighted by Crippen LogP contribution is 2.30. The third-order valence-electron chi connectivity index (χ3n) is 6.58. The van der Waals surface area contributed by atoms with Crippen LogP contribution in [-0.4, -0.2) is 75.6 Å². The Morgan fingerprint density at radius 3 is 2.68 bits per heavy atom. The molecule has 9 heteroatoms. The van der Waals surface area contributed by atoms with Crippen molar-refractivity contribution < 1.29 is 19.4 Å². The number of amides is 2. The predicted molar refractivity (Wildman–Crippen MR) is 137 cm³/mol. The van der Waals surface area contributed by atoms with Gasteiger partial charge in [0.1, 0.15) is 11.7 Å². The minimum Gasteiger partial charge on any atom is -0.472 e. The van der Waals surface area contributed by atoms with Gasteiger partial charge in [0.05, 0.1) is 36.4 Å². The molecule has 3 heterocycles. The van der Waals surface area contributed by atoms with Crippen LogP contribution in [0.4, 0.5) is 0 Å². The highest BCUT2D eigenvalue weighted by atomic mass is 16.5. The molecule has 0 saturated heterocycles. The summed E-state index contributed by atoms with van der Waals surface area (Å²) < 4.78 is 6.29. The van der Waals surface area contributed by atoms with E-state index in [2.05, 4.69) is 16.0 Å². The summed E-state index contributed by atoms with van der Waals surface area (Å²) in [6.45, 7) is 4.15. The monoisotopic (exact) mass is 499 g/mol. The van der Waals surface area contributed by atoms with E-state index in [4.69, 9.17) is 10.00 Å². The van der Waals surface area contributed by atoms with Crippen molar-refractivity contribution in [2.75, 3.05) is 26.7 Å². The Labute approximate surface area is 216 Å². The number of pyridine rings is 2. The molecule has 1 aromatic carbocycles. The molecule has 0 bridgehead atoms. The second kappa shape index (κ2) is 11.2. The number of hydrogen-bond acceptors (Lipinski definition) is 7. The molecule has 1 aliphatic heterocycles. The van der Waals surface area contributed by atoms with E-state index in [9.17, 15) is 14.7 Å². The largest absolute Gasteiger partial charge is 0.472 e. The number of benzene rings is 1. The van der Waals surface area contributed by atoms with Crippen molar-refractivity contribution in [3.8, 4) is 23.1 Å². The molecule has 37 heavy (non-hydrogen) atoms. The number of aromatic nitrogens is 2. The van der Waals surface area contributed by atoms with E-state index < -0.39 is 12.1 Å². The molecular formula is C28H29N5O4. The zero-order chi connectivity index (χ0) is 26.5. The molecule has 0 fully saturated rings. The van der Waals surface area contributed by atoms with Crippen molar-refractivity contribution in [1.82, 2.24) is 19.8 Å². The van der Waals surface area contributed by atoms with Gasteiger partial charge < -0.3 is 19.6 Å². The number of ether oxygens (including phenoxy) is 1. The van der Waals surface area contributed by atoms with Crippen LogP contribution in [0.3, 0.4) is 0 Å². The van der Waals surface area contributed by atoms with Gasteiger partial charge in [0.2, 0.25) is 5.88 Å². The van der Waals surface area contributed by atoms with E-state index >= 15 is 0 Å². The minimum absolute atomic E-state index is 0.157. The van der Waals surface area contributed by atoms with Crippen molar-refractivity contribution in [3.05, 3.63) is 77.7 Å². The number of nitriles is 1. The molecule has 0 radical (unpaired) electrons. The van der Waals surface area contributed by atoms with Crippen LogP contribution in [0, 0.1) is 17.2 Å². The number of aliphatic hydroxyl groups excluding tert-OH is 1. The Kier molecular flexibility index (Phi) is 7.80. The maximum absolute atomic E-state index is 13.6. The fourth-order valence-electron chi connectivity index (χ4n) is 4.28. The van der Waals surface area contributed by atoms with Crippen LogP contribution < -0.4 is 4.74 Å². The van der Waals surface area contributed by atoms with Gasteiger partial charge in [0.25, 0.3) is 11.8 Å². The number of aliphatic hydroxyl groups is 1. The number of fused-ring (bicyclic) bond motifs is 1. The molecule has 190 valence electrons. The summed E-state index contributed by atoms with van der Waals surface area (Å²) in [5.41, 5.74) is 2.79. The highest BCUT2D eigenvalue weighted by Gasteiger charge is 2.35. The van der Waals surface area contributed by atoms with Crippen LogP contribution in [0.15, 0.2) is 61.1 Å². The van der Waals surface area contributed by atoms with E-state index in [1.807, 2.05) is 6.92 Å². The maximum atomic E-state index is 13.6. The third-order valence-corrected chi connectivity index (χ3v) is 6.58. The summed E-state index contributed by atoms with van der Waals surface area (Å²) in [6.07, 6.45) is 4.30. The molecule has 9 nitrogen and oxygen atoms in total. The number of nitrogens with zero attached hydrogens (tertiary/aromatic N) is 5. The lowest BCUT2D eigenvalue weighted by Crippen LogP contribution is -2.50. The van der Waals surface area contributed by atoms with Crippen LogP contribution in [0.5, 0.6) is 5.88 Å². The highest BCUT2D eigenvalue weighted by molar-refractivity contribution is 5.98. The van der Waals surface area contributed by atoms with Crippen molar-refractivity contribution in [1.29, 1.82) is 5.26 Å². The summed E-state index contributed by atoms with van der Waals surface area (Å²) in [5.74, 6) is -0.455. The van der Waals surface area contributed by atoms with Gasteiger partial charge in [-0.2, -0.15) is 5.26 Å². The Balaban J connectivity index is 1.68. The lowest BCUT2D eigenvalue weighted by Gasteiger charge is -2.37. The second-order valence-corrected chi connectivity index (χ2v) is 9.32. The Hall–Kier alpha value is -4.29. The second-order valence-electron chi connectivity index (χ2n) is 9.32. The number of rotatable bonds is 6. The first-order chi connectivity index (χ1) is 17.8. The molecule has 1 N–H and O–H groups in total. The molecule has 1 aliphatic rings. The fourth-order valence-corrected chi connectivity index (χ4v) is 4.28. The van der Waals surface area contributed by atoms with E-state index in [0.29, 0.717) is 23.2 Å². The van der Waals surface area contributed by atoms with Crippen LogP contribution >= 0.6 is 0 Å². The Morgan fingerprint density at radius 1 is 1.27 bits per heavy atom. The van der Waals surface area contributed by atoms with Gasteiger partial charge in [-0.3, -0.25) is 14.6 Å². The standard InChI is InChI=1S/C28H29N5O4/c1-18-15-33(19(2)17-34)28(36)24-11-23(21-8-6-20(12-29)7-9-21)14-31-26(24)37-25(18)16-32(3)27(35)22-5-4-10-30-13-22/h4-11,13-14,18-19,25,34H,15-17H2,1-3H3/t18-,19-,25-/m1/s1. The van der Waals surface area contributed by atoms with Crippen LogP contribution in [0.25, 0.3) is 11.1 Å². The first-order valence-electron chi connectivity index (χ1n) is 12.1. The molecular weight excluding hydrogens is 470 g/mol. The number of likely N-dealkylation sites (N-methyl/N-ethyl adjacent to an activating group) is 1. The van der Waals surface area contributed by atoms with Gasteiger partial charge in [-0.25, -0.2) is 4.98 Å². The van der Waals surface area contributed by atoms with Crippen LogP contribution in [0.2, 0.25) is 0 Å². The summed E-state index contributed by atoms with van der Waals surface area (Å²) in [4.78, 5) is 38.3. The molecule has 0 saturated carbocycles. The van der Waals surface area contributed by atoms with E-state index in [0.717, 1.165) is 5.56 Å². The van der Waals surface area contributed by atoms with Crippen LogP contribution in [-0.2, 0) is 0 Å². The molecule has 2 aromatic heterocycles. The Morgan fingerprint density at radius 2 is 2.03 bits per heavy atom. The maximum Gasteiger partial charge on any atom is 0.259 e. The molecule has 3 aromatic rings. The average molecular weight is 500 g/mol. The lowest BCUT2D eigenvalue weighted by atomic mass is 9.99. The molecule has 0 aliphatic carbocycles. The number of carbonyl (C=O) groups excluding carboxylic acids is 2. The van der Waals surface area contributed by atoms with Gasteiger partial charge in [0, 0.05) is 43.7 Å². The topological polar surface area (TPSA) is 120 Å².